The van der Waals surface area contributed by atoms with E-state index in [0.717, 1.165) is 46.6 Å². The van der Waals surface area contributed by atoms with Crippen molar-refractivity contribution in [2.75, 3.05) is 27.3 Å². The molecule has 2 aromatic rings. The topological polar surface area (TPSA) is 246 Å². The number of nitrogens with one attached hydrogen (secondary N) is 2. The number of rotatable bonds is 10. The lowest BCUT2D eigenvalue weighted by Crippen LogP contribution is -2.42. The number of nitrogens with two attached hydrogens (primary N) is 4. The normalized spacial score (nSPS) is 15.4. The summed E-state index contributed by atoms with van der Waals surface area (Å²) in [5.41, 5.74) is 24.2. The number of benzene rings is 2. The van der Waals surface area contributed by atoms with Gasteiger partial charge in [0.25, 0.3) is 0 Å². The highest BCUT2D eigenvalue weighted by Crippen LogP contribution is 2.29. The quantitative estimate of drug-likeness (QED) is 0.164. The van der Waals surface area contributed by atoms with E-state index < -0.39 is 24.2 Å². The van der Waals surface area contributed by atoms with Crippen molar-refractivity contribution < 1.29 is 28.7 Å². The van der Waals surface area contributed by atoms with Crippen LogP contribution in [-0.4, -0.2) is 73.3 Å². The molecule has 16 heteroatoms. The van der Waals surface area contributed by atoms with Crippen LogP contribution in [0.3, 0.4) is 0 Å². The smallest absolute Gasteiger partial charge is 0.417 e. The maximum atomic E-state index is 12.4. The Balaban J connectivity index is 1.30. The number of aliphatic imine (C=N–C) groups is 2. The van der Waals surface area contributed by atoms with E-state index in [1.807, 2.05) is 0 Å². The first-order valence-corrected chi connectivity index (χ1v) is 14.6. The maximum Gasteiger partial charge on any atom is 0.417 e. The third-order valence-corrected chi connectivity index (χ3v) is 7.28. The van der Waals surface area contributed by atoms with Gasteiger partial charge < -0.3 is 43.0 Å². The van der Waals surface area contributed by atoms with Gasteiger partial charge in [-0.2, -0.15) is 0 Å². The summed E-state index contributed by atoms with van der Waals surface area (Å²) in [6.45, 7) is 0.750. The SMILES string of the molecule is CN(C(=O)NCc1ccc(N=C(N)N)cc1)C(=O)OCC1CCC(COC(=O)N(C)C(=O)NCc2ccc(N=C(N)N)cc2)CC1. The Hall–Kier alpha value is -5.54. The first kappa shape index (κ1) is 34.9. The molecule has 1 aliphatic rings. The van der Waals surface area contributed by atoms with E-state index in [-0.39, 0.29) is 50.1 Å². The van der Waals surface area contributed by atoms with Crippen LogP contribution >= 0.6 is 0 Å². The molecule has 0 unspecified atom stereocenters. The summed E-state index contributed by atoms with van der Waals surface area (Å²) in [4.78, 5) is 59.3. The lowest BCUT2D eigenvalue weighted by Gasteiger charge is -2.28. The van der Waals surface area contributed by atoms with Gasteiger partial charge in [-0.25, -0.2) is 39.0 Å². The molecule has 46 heavy (non-hydrogen) atoms. The predicted octanol–water partition coefficient (Wildman–Crippen LogP) is 2.56. The highest BCUT2D eigenvalue weighted by Gasteiger charge is 2.26. The predicted molar refractivity (Wildman–Crippen MR) is 172 cm³/mol. The zero-order chi connectivity index (χ0) is 33.6. The van der Waals surface area contributed by atoms with Gasteiger partial charge in [0.15, 0.2) is 11.9 Å². The molecule has 2 aromatic carbocycles. The van der Waals surface area contributed by atoms with Crippen molar-refractivity contribution in [3.63, 3.8) is 0 Å². The second-order valence-electron chi connectivity index (χ2n) is 10.9. The van der Waals surface area contributed by atoms with Crippen LogP contribution in [-0.2, 0) is 22.6 Å². The number of hydrogen-bond acceptors (Lipinski definition) is 8. The fourth-order valence-corrected chi connectivity index (χ4v) is 4.57. The van der Waals surface area contributed by atoms with Crippen LogP contribution in [0.1, 0.15) is 36.8 Å². The van der Waals surface area contributed by atoms with Crippen molar-refractivity contribution in [3.8, 4) is 0 Å². The summed E-state index contributed by atoms with van der Waals surface area (Å²) < 4.78 is 10.7. The minimum absolute atomic E-state index is 0.0517. The van der Waals surface area contributed by atoms with Gasteiger partial charge >= 0.3 is 24.2 Å². The Labute approximate surface area is 267 Å². The van der Waals surface area contributed by atoms with Crippen LogP contribution in [0, 0.1) is 11.8 Å². The number of carbonyl (C=O) groups is 4. The second-order valence-corrected chi connectivity index (χ2v) is 10.9. The van der Waals surface area contributed by atoms with E-state index >= 15 is 0 Å². The second kappa shape index (κ2) is 17.1. The van der Waals surface area contributed by atoms with Crippen molar-refractivity contribution in [1.29, 1.82) is 0 Å². The van der Waals surface area contributed by atoms with Crippen LogP contribution < -0.4 is 33.6 Å². The summed E-state index contributed by atoms with van der Waals surface area (Å²) in [6.07, 6.45) is 1.56. The number of imide groups is 2. The highest BCUT2D eigenvalue weighted by molar-refractivity contribution is 5.91. The number of carbonyl (C=O) groups excluding carboxylic acids is 4. The molecule has 0 saturated heterocycles. The molecular weight excluding hydrogens is 596 g/mol. The maximum absolute atomic E-state index is 12.4. The van der Waals surface area contributed by atoms with Crippen molar-refractivity contribution in [3.05, 3.63) is 59.7 Å². The minimum Gasteiger partial charge on any atom is -0.449 e. The zero-order valence-corrected chi connectivity index (χ0v) is 26.0. The van der Waals surface area contributed by atoms with E-state index in [2.05, 4.69) is 20.6 Å². The van der Waals surface area contributed by atoms with E-state index in [1.54, 1.807) is 48.5 Å². The number of hydrogen-bond donors (Lipinski definition) is 6. The summed E-state index contributed by atoms with van der Waals surface area (Å²) >= 11 is 0. The van der Waals surface area contributed by atoms with Crippen LogP contribution in [0.5, 0.6) is 0 Å². The van der Waals surface area contributed by atoms with Gasteiger partial charge in [-0.1, -0.05) is 24.3 Å². The molecule has 0 aromatic heterocycles. The fraction of sp³-hybridized carbons (Fsp3) is 0.400. The first-order chi connectivity index (χ1) is 21.9. The monoisotopic (exact) mass is 638 g/mol. The molecule has 6 amide bonds. The Kier molecular flexibility index (Phi) is 13.0. The molecule has 0 aliphatic heterocycles. The standard InChI is InChI=1S/C30H42N10O6/c1-39(27(41)35-15-19-7-11-23(12-8-19)37-25(31)32)29(43)45-17-21-3-5-22(6-4-21)18-46-30(44)40(2)28(42)36-16-20-9-13-24(14-10-20)38-26(33)34/h7-14,21-22H,3-6,15-18H2,1-2H3,(H,35,41)(H,36,42)(H4,31,32,37)(H4,33,34,38). The summed E-state index contributed by atoms with van der Waals surface area (Å²) in [6, 6.07) is 12.7. The Morgan fingerprint density at radius 1 is 0.652 bits per heavy atom. The molecule has 0 bridgehead atoms. The molecule has 1 aliphatic carbocycles. The van der Waals surface area contributed by atoms with Crippen LogP contribution in [0.2, 0.25) is 0 Å². The van der Waals surface area contributed by atoms with Gasteiger partial charge in [0, 0.05) is 27.2 Å². The van der Waals surface area contributed by atoms with Crippen LogP contribution in [0.25, 0.3) is 0 Å². The largest absolute Gasteiger partial charge is 0.449 e. The van der Waals surface area contributed by atoms with Gasteiger partial charge in [0.2, 0.25) is 0 Å². The molecule has 0 radical (unpaired) electrons. The summed E-state index contributed by atoms with van der Waals surface area (Å²) in [5, 5.41) is 5.33. The van der Waals surface area contributed by atoms with Gasteiger partial charge in [-0.05, 0) is 72.9 Å². The average Bonchev–Trinajstić information content (AvgIpc) is 3.04. The highest BCUT2D eigenvalue weighted by atomic mass is 16.6. The van der Waals surface area contributed by atoms with Crippen molar-refractivity contribution in [2.45, 2.75) is 38.8 Å². The van der Waals surface area contributed by atoms with Gasteiger partial charge in [0.05, 0.1) is 24.6 Å². The molecule has 0 atom stereocenters. The van der Waals surface area contributed by atoms with Gasteiger partial charge in [0.1, 0.15) is 0 Å². The Bertz CT molecular complexity index is 1290. The lowest BCUT2D eigenvalue weighted by atomic mass is 9.83. The molecule has 3 rings (SSSR count). The van der Waals surface area contributed by atoms with Gasteiger partial charge in [-0.15, -0.1) is 0 Å². The van der Waals surface area contributed by atoms with Crippen LogP contribution in [0.4, 0.5) is 30.6 Å². The molecule has 0 heterocycles. The zero-order valence-electron chi connectivity index (χ0n) is 26.0. The first-order valence-electron chi connectivity index (χ1n) is 14.6. The summed E-state index contributed by atoms with van der Waals surface area (Å²) in [7, 11) is 2.69. The molecule has 248 valence electrons. The van der Waals surface area contributed by atoms with Crippen molar-refractivity contribution in [2.24, 2.45) is 44.8 Å². The molecular formula is C30H42N10O6. The number of ether oxygens (including phenoxy) is 2. The number of amides is 6. The minimum atomic E-state index is -0.749. The van der Waals surface area contributed by atoms with E-state index in [0.29, 0.717) is 11.4 Å². The third-order valence-electron chi connectivity index (χ3n) is 7.28. The Morgan fingerprint density at radius 3 is 1.28 bits per heavy atom. The molecule has 10 N–H and O–H groups in total. The number of nitrogens with zero attached hydrogens (tertiary/aromatic N) is 4. The lowest BCUT2D eigenvalue weighted by molar-refractivity contribution is 0.0684. The van der Waals surface area contributed by atoms with E-state index in [4.69, 9.17) is 32.4 Å². The van der Waals surface area contributed by atoms with Gasteiger partial charge in [-0.3, -0.25) is 0 Å². The molecule has 1 fully saturated rings. The van der Waals surface area contributed by atoms with Crippen LogP contribution in [0.15, 0.2) is 58.5 Å². The van der Waals surface area contributed by atoms with E-state index in [9.17, 15) is 19.2 Å². The van der Waals surface area contributed by atoms with Crippen molar-refractivity contribution >= 4 is 47.5 Å². The van der Waals surface area contributed by atoms with E-state index in [1.165, 1.54) is 14.1 Å². The number of guanidine groups is 2. The summed E-state index contributed by atoms with van der Waals surface area (Å²) in [5.74, 6) is 0.143. The fourth-order valence-electron chi connectivity index (χ4n) is 4.57. The molecule has 1 saturated carbocycles. The third kappa shape index (κ3) is 11.5. The molecule has 16 nitrogen and oxygen atoms in total. The Morgan fingerprint density at radius 2 is 0.978 bits per heavy atom. The number of urea groups is 2. The van der Waals surface area contributed by atoms with Crippen molar-refractivity contribution in [1.82, 2.24) is 20.4 Å². The molecule has 0 spiro atoms. The average molecular weight is 639 g/mol.